The van der Waals surface area contributed by atoms with Crippen LogP contribution in [-0.2, 0) is 0 Å². The Bertz CT molecular complexity index is 124. The third-order valence-corrected chi connectivity index (χ3v) is 2.17. The molecule has 3 nitrogen and oxygen atoms in total. The van der Waals surface area contributed by atoms with Gasteiger partial charge in [-0.05, 0) is 12.3 Å². The largest absolute Gasteiger partial charge is 0.392 e. The van der Waals surface area contributed by atoms with Crippen LogP contribution in [0.3, 0.4) is 0 Å². The number of nitrogens with one attached hydrogen (secondary N) is 2. The lowest BCUT2D eigenvalue weighted by atomic mass is 10.1. The van der Waals surface area contributed by atoms with E-state index in [0.29, 0.717) is 12.0 Å². The summed E-state index contributed by atoms with van der Waals surface area (Å²) in [6, 6.07) is 0.590. The normalized spacial score (nSPS) is 21.0. The molecule has 72 valence electrons. The molecule has 1 fully saturated rings. The molecule has 0 radical (unpaired) electrons. The molecule has 3 N–H and O–H groups in total. The topological polar surface area (TPSA) is 44.3 Å². The van der Waals surface area contributed by atoms with Gasteiger partial charge in [0, 0.05) is 25.7 Å². The summed E-state index contributed by atoms with van der Waals surface area (Å²) in [4.78, 5) is 0. The van der Waals surface area contributed by atoms with Crippen LogP contribution < -0.4 is 10.6 Å². The summed E-state index contributed by atoms with van der Waals surface area (Å²) in [7, 11) is 0. The summed E-state index contributed by atoms with van der Waals surface area (Å²) < 4.78 is 0. The van der Waals surface area contributed by atoms with Gasteiger partial charge in [-0.25, -0.2) is 0 Å². The molecular weight excluding hydrogens is 152 g/mol. The van der Waals surface area contributed by atoms with Gasteiger partial charge in [-0.15, -0.1) is 0 Å². The standard InChI is InChI=1S/C9H20N2O/c1-7(2)3-9(12)6-11-8-4-10-5-8/h7-12H,3-6H2,1-2H3. The van der Waals surface area contributed by atoms with Crippen LogP contribution in [0.4, 0.5) is 0 Å². The molecule has 0 aromatic rings. The van der Waals surface area contributed by atoms with Gasteiger partial charge < -0.3 is 15.7 Å². The lowest BCUT2D eigenvalue weighted by Gasteiger charge is -2.29. The molecule has 1 unspecified atom stereocenters. The van der Waals surface area contributed by atoms with Crippen LogP contribution in [0.5, 0.6) is 0 Å². The Morgan fingerprint density at radius 1 is 1.50 bits per heavy atom. The Kier molecular flexibility index (Phi) is 3.98. The molecule has 1 rings (SSSR count). The Hall–Kier alpha value is -0.120. The minimum absolute atomic E-state index is 0.175. The van der Waals surface area contributed by atoms with Crippen molar-refractivity contribution in [3.8, 4) is 0 Å². The smallest absolute Gasteiger partial charge is 0.0667 e. The highest BCUT2D eigenvalue weighted by Crippen LogP contribution is 2.03. The van der Waals surface area contributed by atoms with E-state index in [9.17, 15) is 5.11 Å². The van der Waals surface area contributed by atoms with Gasteiger partial charge >= 0.3 is 0 Å². The van der Waals surface area contributed by atoms with E-state index in [1.54, 1.807) is 0 Å². The van der Waals surface area contributed by atoms with Gasteiger partial charge in [0.05, 0.1) is 6.10 Å². The van der Waals surface area contributed by atoms with Gasteiger partial charge in [0.15, 0.2) is 0 Å². The third-order valence-electron chi connectivity index (χ3n) is 2.17. The first kappa shape index (κ1) is 9.96. The average molecular weight is 172 g/mol. The van der Waals surface area contributed by atoms with Gasteiger partial charge in [0.25, 0.3) is 0 Å². The van der Waals surface area contributed by atoms with Crippen LogP contribution in [0.1, 0.15) is 20.3 Å². The van der Waals surface area contributed by atoms with E-state index in [1.807, 2.05) is 0 Å². The van der Waals surface area contributed by atoms with Crippen molar-refractivity contribution >= 4 is 0 Å². The molecule has 1 aliphatic rings. The molecule has 0 aliphatic carbocycles. The highest BCUT2D eigenvalue weighted by atomic mass is 16.3. The zero-order valence-electron chi connectivity index (χ0n) is 8.01. The van der Waals surface area contributed by atoms with Crippen molar-refractivity contribution in [2.45, 2.75) is 32.4 Å². The van der Waals surface area contributed by atoms with Gasteiger partial charge in [-0.2, -0.15) is 0 Å². The van der Waals surface area contributed by atoms with Crippen LogP contribution in [0.15, 0.2) is 0 Å². The summed E-state index contributed by atoms with van der Waals surface area (Å²) >= 11 is 0. The van der Waals surface area contributed by atoms with E-state index < -0.39 is 0 Å². The molecule has 1 aliphatic heterocycles. The van der Waals surface area contributed by atoms with E-state index in [1.165, 1.54) is 0 Å². The molecule has 0 aromatic carbocycles. The van der Waals surface area contributed by atoms with Crippen LogP contribution in [-0.4, -0.2) is 36.9 Å². The predicted octanol–water partition coefficient (Wildman–Crippen LogP) is -0.0452. The Morgan fingerprint density at radius 3 is 2.58 bits per heavy atom. The maximum Gasteiger partial charge on any atom is 0.0667 e. The second-order valence-corrected chi connectivity index (χ2v) is 4.05. The molecule has 12 heavy (non-hydrogen) atoms. The van der Waals surface area contributed by atoms with Crippen molar-refractivity contribution in [3.63, 3.8) is 0 Å². The first-order valence-corrected chi connectivity index (χ1v) is 4.80. The summed E-state index contributed by atoms with van der Waals surface area (Å²) in [6.07, 6.45) is 0.721. The van der Waals surface area contributed by atoms with E-state index >= 15 is 0 Å². The summed E-state index contributed by atoms with van der Waals surface area (Å²) in [5, 5.41) is 16.0. The lowest BCUT2D eigenvalue weighted by Crippen LogP contribution is -2.56. The van der Waals surface area contributed by atoms with Crippen LogP contribution in [0, 0.1) is 5.92 Å². The fourth-order valence-electron chi connectivity index (χ4n) is 1.36. The predicted molar refractivity (Wildman–Crippen MR) is 50.1 cm³/mol. The maximum atomic E-state index is 9.51. The number of rotatable bonds is 5. The fraction of sp³-hybridized carbons (Fsp3) is 1.00. The minimum Gasteiger partial charge on any atom is -0.392 e. The molecule has 1 saturated heterocycles. The van der Waals surface area contributed by atoms with Crippen molar-refractivity contribution in [1.29, 1.82) is 0 Å². The third kappa shape index (κ3) is 3.52. The molecule has 0 amide bonds. The van der Waals surface area contributed by atoms with Crippen LogP contribution in [0.2, 0.25) is 0 Å². The van der Waals surface area contributed by atoms with Crippen molar-refractivity contribution in [1.82, 2.24) is 10.6 Å². The zero-order valence-corrected chi connectivity index (χ0v) is 8.01. The molecule has 1 heterocycles. The monoisotopic (exact) mass is 172 g/mol. The van der Waals surface area contributed by atoms with Crippen LogP contribution >= 0.6 is 0 Å². The van der Waals surface area contributed by atoms with E-state index in [0.717, 1.165) is 26.1 Å². The molecule has 0 aromatic heterocycles. The Morgan fingerprint density at radius 2 is 2.17 bits per heavy atom. The second kappa shape index (κ2) is 4.80. The number of hydrogen-bond donors (Lipinski definition) is 3. The van der Waals surface area contributed by atoms with E-state index in [4.69, 9.17) is 0 Å². The summed E-state index contributed by atoms with van der Waals surface area (Å²) in [5.41, 5.74) is 0. The molecular formula is C9H20N2O. The zero-order chi connectivity index (χ0) is 8.97. The maximum absolute atomic E-state index is 9.51. The Labute approximate surface area is 74.5 Å². The van der Waals surface area contributed by atoms with Gasteiger partial charge in [0.2, 0.25) is 0 Å². The fourth-order valence-corrected chi connectivity index (χ4v) is 1.36. The molecule has 0 saturated carbocycles. The average Bonchev–Trinajstić information content (AvgIpc) is 1.81. The molecule has 1 atom stereocenters. The van der Waals surface area contributed by atoms with Crippen LogP contribution in [0.25, 0.3) is 0 Å². The Balaban J connectivity index is 1.97. The quantitative estimate of drug-likeness (QED) is 0.545. The summed E-state index contributed by atoms with van der Waals surface area (Å²) in [6.45, 7) is 7.11. The SMILES string of the molecule is CC(C)CC(O)CNC1CNC1. The summed E-state index contributed by atoms with van der Waals surface area (Å²) in [5.74, 6) is 0.585. The van der Waals surface area contributed by atoms with Crippen molar-refractivity contribution in [2.75, 3.05) is 19.6 Å². The van der Waals surface area contributed by atoms with E-state index in [-0.39, 0.29) is 6.10 Å². The van der Waals surface area contributed by atoms with Crippen molar-refractivity contribution in [2.24, 2.45) is 5.92 Å². The highest BCUT2D eigenvalue weighted by Gasteiger charge is 2.17. The lowest BCUT2D eigenvalue weighted by molar-refractivity contribution is 0.138. The van der Waals surface area contributed by atoms with Gasteiger partial charge in [-0.1, -0.05) is 13.8 Å². The van der Waals surface area contributed by atoms with Crippen molar-refractivity contribution < 1.29 is 5.11 Å². The van der Waals surface area contributed by atoms with Gasteiger partial charge in [-0.3, -0.25) is 0 Å². The van der Waals surface area contributed by atoms with E-state index in [2.05, 4.69) is 24.5 Å². The first-order chi connectivity index (χ1) is 5.68. The number of aliphatic hydroxyl groups is 1. The molecule has 0 spiro atoms. The first-order valence-electron chi connectivity index (χ1n) is 4.80. The minimum atomic E-state index is -0.175. The molecule has 3 heteroatoms. The highest BCUT2D eigenvalue weighted by molar-refractivity contribution is 4.82. The second-order valence-electron chi connectivity index (χ2n) is 4.05. The molecule has 0 bridgehead atoms. The van der Waals surface area contributed by atoms with Crippen molar-refractivity contribution in [3.05, 3.63) is 0 Å². The number of hydrogen-bond acceptors (Lipinski definition) is 3. The van der Waals surface area contributed by atoms with Gasteiger partial charge in [0.1, 0.15) is 0 Å². The number of aliphatic hydroxyl groups excluding tert-OH is 1.